The van der Waals surface area contributed by atoms with Gasteiger partial charge in [0.05, 0.1) is 34.9 Å². The number of benzene rings is 2. The van der Waals surface area contributed by atoms with Gasteiger partial charge in [0.1, 0.15) is 11.1 Å². The van der Waals surface area contributed by atoms with Crippen molar-refractivity contribution in [1.82, 2.24) is 15.0 Å². The lowest BCUT2D eigenvalue weighted by atomic mass is 9.92. The van der Waals surface area contributed by atoms with Crippen LogP contribution >= 0.6 is 11.6 Å². The molecule has 2 aliphatic rings. The number of pyridine rings is 1. The zero-order valence-electron chi connectivity index (χ0n) is 32.9. The number of aryl methyl sites for hydroxylation is 2. The standard InChI is InChI=1S/C32H28ClF3N8O.3C2HF3O2/c33-26-18-39-31-41-23-12-20(16-38-17-23)4-5-21-14-22(40-30(26)43-31)6-7-27(21)42-29(45)13-19-8-10-44(11-9-19)28-3-1-2-25(24(28)15-37)32(34,35)36;3*3-2(4,5)1(6)7/h1-3,6-7,12,14,16-19H,4-5,8-11,13H2,(H,42,45)(H2,39,40,41,43);3*(H,6,7). The fourth-order valence-corrected chi connectivity index (χ4v) is 5.89. The molecule has 0 spiro atoms. The minimum Gasteiger partial charge on any atom is -0.475 e. The van der Waals surface area contributed by atoms with Crippen molar-refractivity contribution >= 4 is 69.9 Å². The van der Waals surface area contributed by atoms with Crippen LogP contribution in [0, 0.1) is 17.2 Å². The number of carbonyl (C=O) groups excluding carboxylic acids is 1. The third-order valence-electron chi connectivity index (χ3n) is 8.74. The number of nitrogens with zero attached hydrogens (tertiary/aromatic N) is 5. The number of carboxylic acid groups (broad SMARTS) is 3. The molecule has 6 bridgehead atoms. The third-order valence-corrected chi connectivity index (χ3v) is 9.01. The van der Waals surface area contributed by atoms with Gasteiger partial charge in [-0.3, -0.25) is 9.78 Å². The average Bonchev–Trinajstić information content (AvgIpc) is 3.21. The maximum atomic E-state index is 13.5. The van der Waals surface area contributed by atoms with E-state index in [1.807, 2.05) is 24.3 Å². The molecule has 2 aromatic heterocycles. The van der Waals surface area contributed by atoms with E-state index in [0.717, 1.165) is 28.6 Å². The molecule has 28 heteroatoms. The highest BCUT2D eigenvalue weighted by Gasteiger charge is 2.40. The molecule has 2 aliphatic heterocycles. The van der Waals surface area contributed by atoms with E-state index in [2.05, 4.69) is 30.9 Å². The van der Waals surface area contributed by atoms with E-state index >= 15 is 0 Å². The number of nitrogens with one attached hydrogen (secondary N) is 3. The summed E-state index contributed by atoms with van der Waals surface area (Å²) in [4.78, 5) is 54.8. The van der Waals surface area contributed by atoms with E-state index in [1.165, 1.54) is 12.3 Å². The maximum Gasteiger partial charge on any atom is 0.490 e. The summed E-state index contributed by atoms with van der Waals surface area (Å²) < 4.78 is 136. The first-order valence-corrected chi connectivity index (χ1v) is 18.6. The molecule has 6 N–H and O–H groups in total. The van der Waals surface area contributed by atoms with Gasteiger partial charge in [-0.15, -0.1) is 0 Å². The first-order chi connectivity index (χ1) is 30.5. The number of anilines is 6. The van der Waals surface area contributed by atoms with Crippen LogP contribution in [0.5, 0.6) is 0 Å². The zero-order valence-corrected chi connectivity index (χ0v) is 33.7. The number of nitriles is 1. The van der Waals surface area contributed by atoms with E-state index in [-0.39, 0.29) is 29.5 Å². The Morgan fingerprint density at radius 1 is 0.788 bits per heavy atom. The maximum absolute atomic E-state index is 13.5. The molecule has 4 aromatic rings. The highest BCUT2D eigenvalue weighted by molar-refractivity contribution is 6.32. The van der Waals surface area contributed by atoms with Crippen molar-refractivity contribution in [1.29, 1.82) is 5.26 Å². The molecule has 2 aromatic carbocycles. The molecule has 1 amide bonds. The number of hydrogen-bond acceptors (Lipinski definition) is 11. The van der Waals surface area contributed by atoms with E-state index in [0.29, 0.717) is 61.2 Å². The number of carbonyl (C=O) groups is 4. The molecule has 0 saturated carbocycles. The molecule has 66 heavy (non-hydrogen) atoms. The van der Waals surface area contributed by atoms with Crippen molar-refractivity contribution in [2.45, 2.75) is 56.8 Å². The zero-order chi connectivity index (χ0) is 49.8. The second kappa shape index (κ2) is 22.2. The summed E-state index contributed by atoms with van der Waals surface area (Å²) >= 11 is 6.36. The summed E-state index contributed by atoms with van der Waals surface area (Å²) in [6.07, 6.45) is -12.1. The van der Waals surface area contributed by atoms with Crippen LogP contribution in [0.1, 0.15) is 41.5 Å². The largest absolute Gasteiger partial charge is 0.490 e. The van der Waals surface area contributed by atoms with Crippen LogP contribution in [0.15, 0.2) is 61.1 Å². The fraction of sp³-hybridized carbons (Fsp3) is 0.316. The number of piperidine rings is 1. The van der Waals surface area contributed by atoms with Crippen molar-refractivity contribution in [2.75, 3.05) is 33.9 Å². The summed E-state index contributed by atoms with van der Waals surface area (Å²) in [5.41, 5.74) is 3.07. The highest BCUT2D eigenvalue weighted by atomic mass is 35.5. The van der Waals surface area contributed by atoms with Crippen molar-refractivity contribution in [3.05, 3.63) is 88.3 Å². The summed E-state index contributed by atoms with van der Waals surface area (Å²) in [7, 11) is 0. The van der Waals surface area contributed by atoms with Gasteiger partial charge in [-0.2, -0.15) is 62.9 Å². The average molecular weight is 975 g/mol. The van der Waals surface area contributed by atoms with Crippen LogP contribution in [0.25, 0.3) is 0 Å². The molecular weight excluding hydrogens is 944 g/mol. The Kier molecular flexibility index (Phi) is 17.9. The molecule has 356 valence electrons. The Hall–Kier alpha value is -7.11. The smallest absolute Gasteiger partial charge is 0.475 e. The number of rotatable bonds is 4. The summed E-state index contributed by atoms with van der Waals surface area (Å²) in [6, 6.07) is 13.2. The Labute approximate surface area is 368 Å². The predicted octanol–water partition coefficient (Wildman–Crippen LogP) is 9.15. The SMILES string of the molecule is N#Cc1c(N2CCC(CC(=O)Nc3ccc4cc3CCc3cncc(c3)Nc3ncc(Cl)c(n3)N4)CC2)cccc1C(F)(F)F.O=C(O)C(F)(F)F.O=C(O)C(F)(F)F.O=C(O)C(F)(F)F. The molecule has 0 atom stereocenters. The second-order valence-electron chi connectivity index (χ2n) is 13.5. The van der Waals surface area contributed by atoms with Gasteiger partial charge in [0.25, 0.3) is 0 Å². The molecule has 15 nitrogen and oxygen atoms in total. The van der Waals surface area contributed by atoms with Gasteiger partial charge in [-0.25, -0.2) is 19.4 Å². The van der Waals surface area contributed by atoms with Crippen LogP contribution in [0.2, 0.25) is 5.02 Å². The Bertz CT molecular complexity index is 2360. The van der Waals surface area contributed by atoms with Gasteiger partial charge in [-0.1, -0.05) is 17.7 Å². The molecule has 1 saturated heterocycles. The van der Waals surface area contributed by atoms with Gasteiger partial charge in [0, 0.05) is 37.1 Å². The molecular formula is C38H31ClF12N8O7. The molecule has 0 unspecified atom stereocenters. The number of halogens is 13. The van der Waals surface area contributed by atoms with Crippen molar-refractivity contribution in [3.8, 4) is 6.07 Å². The minimum atomic E-state index is -5.08. The van der Waals surface area contributed by atoms with E-state index in [9.17, 15) is 62.7 Å². The van der Waals surface area contributed by atoms with Gasteiger partial charge >= 0.3 is 42.6 Å². The normalized spacial score (nSPS) is 13.8. The molecule has 0 aliphatic carbocycles. The molecule has 0 radical (unpaired) electrons. The van der Waals surface area contributed by atoms with Crippen LogP contribution in [-0.4, -0.2) is 85.7 Å². The van der Waals surface area contributed by atoms with E-state index in [4.69, 9.17) is 41.3 Å². The Morgan fingerprint density at radius 2 is 1.36 bits per heavy atom. The van der Waals surface area contributed by atoms with Crippen molar-refractivity contribution in [2.24, 2.45) is 5.92 Å². The summed E-state index contributed by atoms with van der Waals surface area (Å²) in [5.74, 6) is -7.55. The second-order valence-corrected chi connectivity index (χ2v) is 13.9. The van der Waals surface area contributed by atoms with Gasteiger partial charge < -0.3 is 36.2 Å². The summed E-state index contributed by atoms with van der Waals surface area (Å²) in [6.45, 7) is 0.906. The Balaban J connectivity index is 0.000000457. The number of carboxylic acids is 3. The van der Waals surface area contributed by atoms with E-state index in [1.54, 1.807) is 29.4 Å². The highest BCUT2D eigenvalue weighted by Crippen LogP contribution is 2.37. The lowest BCUT2D eigenvalue weighted by Gasteiger charge is -2.34. The number of alkyl halides is 12. The first-order valence-electron chi connectivity index (χ1n) is 18.2. The van der Waals surface area contributed by atoms with Crippen LogP contribution in [0.4, 0.5) is 87.2 Å². The van der Waals surface area contributed by atoms with Gasteiger partial charge in [-0.05, 0) is 79.1 Å². The third kappa shape index (κ3) is 16.5. The number of aliphatic carboxylic acids is 3. The first kappa shape index (κ1) is 53.2. The minimum absolute atomic E-state index is 0.0546. The molecule has 1 fully saturated rings. The van der Waals surface area contributed by atoms with Crippen LogP contribution in [0.3, 0.4) is 0 Å². The van der Waals surface area contributed by atoms with Crippen LogP contribution in [-0.2, 0) is 38.2 Å². The van der Waals surface area contributed by atoms with Gasteiger partial charge in [0.2, 0.25) is 11.9 Å². The van der Waals surface area contributed by atoms with Gasteiger partial charge in [0.15, 0.2) is 5.82 Å². The lowest BCUT2D eigenvalue weighted by Crippen LogP contribution is -2.35. The topological polar surface area (TPSA) is 231 Å². The number of fused-ring (bicyclic) bond motifs is 6. The lowest BCUT2D eigenvalue weighted by molar-refractivity contribution is -0.193. The Morgan fingerprint density at radius 3 is 1.89 bits per heavy atom. The quantitative estimate of drug-likeness (QED) is 0.105. The fourth-order valence-electron chi connectivity index (χ4n) is 5.75. The summed E-state index contributed by atoms with van der Waals surface area (Å²) in [5, 5.41) is 40.7. The van der Waals surface area contributed by atoms with Crippen LogP contribution < -0.4 is 20.9 Å². The van der Waals surface area contributed by atoms with Crippen molar-refractivity contribution < 1.29 is 87.2 Å². The molecule has 6 rings (SSSR count). The number of hydrogen-bond donors (Lipinski definition) is 6. The number of amides is 1. The monoisotopic (exact) mass is 974 g/mol. The van der Waals surface area contributed by atoms with E-state index < -0.39 is 48.2 Å². The van der Waals surface area contributed by atoms with Crippen molar-refractivity contribution in [3.63, 3.8) is 0 Å². The molecule has 4 heterocycles. The number of aromatic nitrogens is 3. The predicted molar refractivity (Wildman–Crippen MR) is 207 cm³/mol.